The van der Waals surface area contributed by atoms with Gasteiger partial charge in [0.15, 0.2) is 0 Å². The predicted molar refractivity (Wildman–Crippen MR) is 80.8 cm³/mol. The Morgan fingerprint density at radius 1 is 0.727 bits per heavy atom. The van der Waals surface area contributed by atoms with E-state index in [2.05, 4.69) is 11.4 Å². The van der Waals surface area contributed by atoms with Crippen LogP contribution in [0.3, 0.4) is 0 Å². The SMILES string of the molecule is CCCCCCCCCCCCCOCCOP(=O)([O-])[O-].[K+]. The molecule has 0 atom stereocenters. The molecule has 0 heterocycles. The molecule has 0 spiro atoms. The molecule has 0 saturated carbocycles. The summed E-state index contributed by atoms with van der Waals surface area (Å²) in [6, 6.07) is 0. The van der Waals surface area contributed by atoms with Gasteiger partial charge in [0, 0.05) is 6.61 Å². The zero-order chi connectivity index (χ0) is 15.8. The molecule has 0 N–H and O–H groups in total. The zero-order valence-corrected chi connectivity index (χ0v) is 18.4. The fourth-order valence-electron chi connectivity index (χ4n) is 2.18. The maximum Gasteiger partial charge on any atom is 1.00 e. The van der Waals surface area contributed by atoms with Crippen molar-refractivity contribution in [3.8, 4) is 0 Å². The Labute approximate surface area is 178 Å². The van der Waals surface area contributed by atoms with Gasteiger partial charge in [-0.2, -0.15) is 0 Å². The van der Waals surface area contributed by atoms with E-state index in [4.69, 9.17) is 4.74 Å². The monoisotopic (exact) mass is 361 g/mol. The number of ether oxygens (including phenoxy) is 1. The van der Waals surface area contributed by atoms with Crippen molar-refractivity contribution in [1.29, 1.82) is 0 Å². The van der Waals surface area contributed by atoms with E-state index in [0.717, 1.165) is 12.8 Å². The Balaban J connectivity index is 0. The van der Waals surface area contributed by atoms with Crippen LogP contribution in [0, 0.1) is 0 Å². The van der Waals surface area contributed by atoms with Gasteiger partial charge < -0.3 is 23.6 Å². The topological polar surface area (TPSA) is 81.7 Å². The molecule has 0 aliphatic heterocycles. The van der Waals surface area contributed by atoms with E-state index in [9.17, 15) is 14.4 Å². The van der Waals surface area contributed by atoms with Gasteiger partial charge in [-0.25, -0.2) is 0 Å². The Hall–Kier alpha value is 1.71. The van der Waals surface area contributed by atoms with Crippen molar-refractivity contribution in [3.63, 3.8) is 0 Å². The molecule has 0 amide bonds. The predicted octanol–water partition coefficient (Wildman–Crippen LogP) is 0.163. The Morgan fingerprint density at radius 3 is 1.64 bits per heavy atom. The van der Waals surface area contributed by atoms with E-state index in [-0.39, 0.29) is 64.6 Å². The number of hydrogen-bond donors (Lipinski definition) is 0. The van der Waals surface area contributed by atoms with Gasteiger partial charge in [-0.1, -0.05) is 71.1 Å². The first-order valence-corrected chi connectivity index (χ1v) is 9.76. The maximum absolute atomic E-state index is 10.2. The van der Waals surface area contributed by atoms with Crippen molar-refractivity contribution in [3.05, 3.63) is 0 Å². The van der Waals surface area contributed by atoms with Gasteiger partial charge in [0.2, 0.25) is 0 Å². The zero-order valence-electron chi connectivity index (χ0n) is 14.4. The molecule has 0 aliphatic carbocycles. The van der Waals surface area contributed by atoms with E-state index >= 15 is 0 Å². The standard InChI is InChI=1S/C15H33O5P.K/c1-2-3-4-5-6-7-8-9-10-11-12-13-19-14-15-20-21(16,17)18;/h2-15H2,1H3,(H2,16,17,18);/q;+1/p-2. The fraction of sp³-hybridized carbons (Fsp3) is 1.00. The maximum atomic E-state index is 10.2. The summed E-state index contributed by atoms with van der Waals surface area (Å²) >= 11 is 0. The van der Waals surface area contributed by atoms with E-state index in [1.807, 2.05) is 0 Å². The average Bonchev–Trinajstić information content (AvgIpc) is 2.42. The third-order valence-corrected chi connectivity index (χ3v) is 3.87. The molecular weight excluding hydrogens is 330 g/mol. The number of rotatable bonds is 16. The number of unbranched alkanes of at least 4 members (excludes halogenated alkanes) is 10. The molecule has 0 saturated heterocycles. The molecule has 0 aromatic carbocycles. The van der Waals surface area contributed by atoms with Crippen LogP contribution < -0.4 is 61.2 Å². The molecule has 0 unspecified atom stereocenters. The quantitative estimate of drug-likeness (QED) is 0.222. The summed E-state index contributed by atoms with van der Waals surface area (Å²) in [5, 5.41) is 0. The van der Waals surface area contributed by atoms with Crippen LogP contribution in [0.25, 0.3) is 0 Å². The first-order valence-electron chi connectivity index (χ1n) is 8.30. The summed E-state index contributed by atoms with van der Waals surface area (Å²) in [6.45, 7) is 2.82. The molecule has 0 radical (unpaired) electrons. The molecule has 0 bridgehead atoms. The van der Waals surface area contributed by atoms with E-state index in [1.165, 1.54) is 57.8 Å². The van der Waals surface area contributed by atoms with Gasteiger partial charge in [-0.05, 0) is 6.42 Å². The van der Waals surface area contributed by atoms with Crippen molar-refractivity contribution in [2.45, 2.75) is 77.6 Å². The van der Waals surface area contributed by atoms with Gasteiger partial charge >= 0.3 is 51.4 Å². The summed E-state index contributed by atoms with van der Waals surface area (Å²) in [6.07, 6.45) is 14.1. The summed E-state index contributed by atoms with van der Waals surface area (Å²) in [5.41, 5.74) is 0. The van der Waals surface area contributed by atoms with Crippen molar-refractivity contribution >= 4 is 7.82 Å². The number of phosphoric acid groups is 1. The normalized spacial score (nSPS) is 11.4. The van der Waals surface area contributed by atoms with E-state index < -0.39 is 7.82 Å². The van der Waals surface area contributed by atoms with Gasteiger partial charge in [-0.3, -0.25) is 0 Å². The van der Waals surface area contributed by atoms with Crippen LogP contribution in [0.1, 0.15) is 77.6 Å². The van der Waals surface area contributed by atoms with Crippen LogP contribution in [0.15, 0.2) is 0 Å². The van der Waals surface area contributed by atoms with Crippen LogP contribution in [-0.2, 0) is 13.8 Å². The van der Waals surface area contributed by atoms with Gasteiger partial charge in [0.05, 0.1) is 21.0 Å². The number of hydrogen-bond acceptors (Lipinski definition) is 5. The van der Waals surface area contributed by atoms with Gasteiger partial charge in [0.25, 0.3) is 0 Å². The third-order valence-electron chi connectivity index (χ3n) is 3.37. The molecule has 22 heavy (non-hydrogen) atoms. The van der Waals surface area contributed by atoms with Crippen LogP contribution in [0.2, 0.25) is 0 Å². The molecule has 0 fully saturated rings. The summed E-state index contributed by atoms with van der Waals surface area (Å²) in [7, 11) is -4.83. The Morgan fingerprint density at radius 2 is 1.18 bits per heavy atom. The van der Waals surface area contributed by atoms with E-state index in [0.29, 0.717) is 6.61 Å². The van der Waals surface area contributed by atoms with Crippen LogP contribution >= 0.6 is 7.82 Å². The second-order valence-corrected chi connectivity index (χ2v) is 6.58. The van der Waals surface area contributed by atoms with Crippen molar-refractivity contribution in [2.75, 3.05) is 19.8 Å². The summed E-state index contributed by atoms with van der Waals surface area (Å²) in [4.78, 5) is 20.3. The fourth-order valence-corrected chi connectivity index (χ4v) is 2.48. The second kappa shape index (κ2) is 19.0. The minimum absolute atomic E-state index is 0. The van der Waals surface area contributed by atoms with Gasteiger partial charge in [0.1, 0.15) is 0 Å². The minimum atomic E-state index is -4.83. The molecule has 0 aromatic rings. The molecule has 128 valence electrons. The van der Waals surface area contributed by atoms with Crippen molar-refractivity contribution in [2.24, 2.45) is 0 Å². The summed E-state index contributed by atoms with van der Waals surface area (Å²) < 4.78 is 19.4. The Bertz CT molecular complexity index is 260. The molecular formula is C15H31KO5P-. The van der Waals surface area contributed by atoms with Crippen LogP contribution in [0.4, 0.5) is 0 Å². The average molecular weight is 361 g/mol. The van der Waals surface area contributed by atoms with Gasteiger partial charge in [-0.15, -0.1) is 0 Å². The minimum Gasteiger partial charge on any atom is -0.790 e. The first kappa shape index (κ1) is 25.9. The molecule has 5 nitrogen and oxygen atoms in total. The second-order valence-electron chi connectivity index (χ2n) is 5.43. The van der Waals surface area contributed by atoms with Crippen LogP contribution in [0.5, 0.6) is 0 Å². The molecule has 7 heteroatoms. The number of phosphoric ester groups is 1. The van der Waals surface area contributed by atoms with Crippen molar-refractivity contribution < 1.29 is 75.0 Å². The molecule has 0 rings (SSSR count). The van der Waals surface area contributed by atoms with Crippen LogP contribution in [-0.4, -0.2) is 19.8 Å². The molecule has 0 aliphatic rings. The summed E-state index contributed by atoms with van der Waals surface area (Å²) in [5.74, 6) is 0. The van der Waals surface area contributed by atoms with Crippen molar-refractivity contribution in [1.82, 2.24) is 0 Å². The first-order chi connectivity index (χ1) is 10.1. The van der Waals surface area contributed by atoms with E-state index in [1.54, 1.807) is 0 Å². The smallest absolute Gasteiger partial charge is 0.790 e. The molecule has 0 aromatic heterocycles. The largest absolute Gasteiger partial charge is 1.00 e. The third kappa shape index (κ3) is 24.0. The Kier molecular flexibility index (Phi) is 22.4.